The monoisotopic (exact) mass is 275 g/mol. The minimum Gasteiger partial charge on any atom is -0.480 e. The molecule has 1 aromatic carbocycles. The summed E-state index contributed by atoms with van der Waals surface area (Å²) in [4.78, 5) is 36.5. The zero-order valence-electron chi connectivity index (χ0n) is 10.4. The number of nitrogens with one attached hydrogen (secondary N) is 2. The van der Waals surface area contributed by atoms with Crippen molar-refractivity contribution in [2.24, 2.45) is 5.73 Å². The van der Waals surface area contributed by atoms with E-state index in [0.29, 0.717) is 0 Å². The number of carboxylic acid groups (broad SMARTS) is 1. The summed E-state index contributed by atoms with van der Waals surface area (Å²) in [7, 11) is 0. The maximum atomic E-state index is 12.0. The van der Waals surface area contributed by atoms with E-state index in [-0.39, 0.29) is 5.69 Å². The Morgan fingerprint density at radius 1 is 1.30 bits per heavy atom. The molecule has 0 aliphatic carbocycles. The normalized spacial score (nSPS) is 12.0. The van der Waals surface area contributed by atoms with Crippen LogP contribution in [-0.2, 0) is 9.59 Å². The number of carbonyl (C=O) groups excluding carboxylic acids is 2. The zero-order valence-corrected chi connectivity index (χ0v) is 10.4. The summed E-state index contributed by atoms with van der Waals surface area (Å²) < 4.78 is 0. The van der Waals surface area contributed by atoms with Crippen LogP contribution in [0.1, 0.15) is 16.9 Å². The van der Waals surface area contributed by atoms with Crippen LogP contribution in [0.3, 0.4) is 0 Å². The highest BCUT2D eigenvalue weighted by Gasteiger charge is 2.23. The summed E-state index contributed by atoms with van der Waals surface area (Å²) in [6, 6.07) is 7.52. The maximum Gasteiger partial charge on any atom is 0.326 e. The molecule has 0 radical (unpaired) electrons. The molecule has 1 heterocycles. The molecule has 2 rings (SSSR count). The first-order chi connectivity index (χ1) is 9.47. The molecule has 2 aromatic rings. The van der Waals surface area contributed by atoms with E-state index in [2.05, 4.69) is 10.3 Å². The summed E-state index contributed by atoms with van der Waals surface area (Å²) in [5.41, 5.74) is 5.93. The Morgan fingerprint density at radius 2 is 2.00 bits per heavy atom. The summed E-state index contributed by atoms with van der Waals surface area (Å²) in [5, 5.41) is 12.0. The fraction of sp³-hybridized carbons (Fsp3) is 0.154. The molecule has 104 valence electrons. The molecule has 0 aliphatic rings. The number of hydrogen-bond acceptors (Lipinski definition) is 3. The van der Waals surface area contributed by atoms with Crippen molar-refractivity contribution in [1.82, 2.24) is 10.3 Å². The molecule has 20 heavy (non-hydrogen) atoms. The van der Waals surface area contributed by atoms with Crippen molar-refractivity contribution < 1.29 is 19.5 Å². The smallest absolute Gasteiger partial charge is 0.326 e. The summed E-state index contributed by atoms with van der Waals surface area (Å²) in [6.45, 7) is 0. The lowest BCUT2D eigenvalue weighted by Gasteiger charge is -2.11. The number of aliphatic carboxylic acids is 1. The van der Waals surface area contributed by atoms with E-state index in [1.165, 1.54) is 0 Å². The number of benzene rings is 1. The number of aromatic nitrogens is 1. The number of carboxylic acids is 1. The van der Waals surface area contributed by atoms with E-state index in [9.17, 15) is 14.4 Å². The molecule has 7 nitrogen and oxygen atoms in total. The van der Waals surface area contributed by atoms with Crippen molar-refractivity contribution in [3.8, 4) is 0 Å². The van der Waals surface area contributed by atoms with Crippen LogP contribution in [0, 0.1) is 0 Å². The summed E-state index contributed by atoms with van der Waals surface area (Å²) in [6.07, 6.45) is -0.457. The number of amides is 2. The third-order valence-corrected chi connectivity index (χ3v) is 2.78. The van der Waals surface area contributed by atoms with Crippen LogP contribution < -0.4 is 11.1 Å². The third-order valence-electron chi connectivity index (χ3n) is 2.78. The van der Waals surface area contributed by atoms with E-state index >= 15 is 0 Å². The molecule has 1 aromatic heterocycles. The van der Waals surface area contributed by atoms with Gasteiger partial charge < -0.3 is 21.1 Å². The van der Waals surface area contributed by atoms with Crippen molar-refractivity contribution in [3.63, 3.8) is 0 Å². The number of para-hydroxylation sites is 1. The van der Waals surface area contributed by atoms with Gasteiger partial charge in [-0.2, -0.15) is 0 Å². The van der Waals surface area contributed by atoms with Crippen molar-refractivity contribution in [3.05, 3.63) is 36.0 Å². The minimum absolute atomic E-state index is 0.224. The van der Waals surface area contributed by atoms with Gasteiger partial charge in [-0.25, -0.2) is 4.79 Å². The fourth-order valence-electron chi connectivity index (χ4n) is 1.83. The number of nitrogens with two attached hydrogens (primary N) is 1. The first-order valence-corrected chi connectivity index (χ1v) is 5.87. The lowest BCUT2D eigenvalue weighted by atomic mass is 10.2. The number of hydrogen-bond donors (Lipinski definition) is 4. The fourth-order valence-corrected chi connectivity index (χ4v) is 1.83. The van der Waals surface area contributed by atoms with Gasteiger partial charge in [0.1, 0.15) is 11.7 Å². The number of primary amides is 1. The van der Waals surface area contributed by atoms with E-state index in [1.807, 2.05) is 18.2 Å². The van der Waals surface area contributed by atoms with Crippen molar-refractivity contribution in [1.29, 1.82) is 0 Å². The number of fused-ring (bicyclic) bond motifs is 1. The number of rotatable bonds is 5. The Labute approximate surface area is 113 Å². The molecule has 0 spiro atoms. The van der Waals surface area contributed by atoms with Gasteiger partial charge in [-0.1, -0.05) is 18.2 Å². The topological polar surface area (TPSA) is 125 Å². The molecule has 5 N–H and O–H groups in total. The van der Waals surface area contributed by atoms with E-state index in [0.717, 1.165) is 10.9 Å². The molecule has 0 unspecified atom stereocenters. The lowest BCUT2D eigenvalue weighted by Crippen LogP contribution is -2.43. The van der Waals surface area contributed by atoms with Gasteiger partial charge in [0.05, 0.1) is 6.42 Å². The quantitative estimate of drug-likeness (QED) is 0.623. The van der Waals surface area contributed by atoms with Crippen LogP contribution in [0.4, 0.5) is 0 Å². The van der Waals surface area contributed by atoms with Gasteiger partial charge in [0, 0.05) is 10.9 Å². The zero-order chi connectivity index (χ0) is 14.7. The van der Waals surface area contributed by atoms with E-state index in [1.54, 1.807) is 12.1 Å². The Kier molecular flexibility index (Phi) is 3.69. The number of carbonyl (C=O) groups is 3. The molecule has 2 amide bonds. The van der Waals surface area contributed by atoms with Crippen molar-refractivity contribution in [2.45, 2.75) is 12.5 Å². The van der Waals surface area contributed by atoms with Crippen LogP contribution in [0.25, 0.3) is 10.9 Å². The van der Waals surface area contributed by atoms with E-state index < -0.39 is 30.2 Å². The Hall–Kier alpha value is -2.83. The Morgan fingerprint density at radius 3 is 2.60 bits per heavy atom. The highest BCUT2D eigenvalue weighted by molar-refractivity contribution is 6.00. The molecule has 0 bridgehead atoms. The van der Waals surface area contributed by atoms with Gasteiger partial charge >= 0.3 is 5.97 Å². The minimum atomic E-state index is -1.34. The second kappa shape index (κ2) is 5.43. The molecule has 0 fully saturated rings. The van der Waals surface area contributed by atoms with Gasteiger partial charge in [0.25, 0.3) is 5.91 Å². The van der Waals surface area contributed by atoms with Gasteiger partial charge in [-0.05, 0) is 12.1 Å². The standard InChI is InChI=1S/C13H13N3O4/c14-11(17)6-10(13(19)20)16-12(18)9-5-7-3-1-2-4-8(7)15-9/h1-5,10,15H,6H2,(H2,14,17)(H,16,18)(H,19,20)/t10-/m0/s1. The number of H-pyrrole nitrogens is 1. The van der Waals surface area contributed by atoms with Crippen molar-refractivity contribution >= 4 is 28.7 Å². The SMILES string of the molecule is NC(=O)C[C@H](NC(=O)c1cc2ccccc2[nH]1)C(=O)O. The first-order valence-electron chi connectivity index (χ1n) is 5.87. The van der Waals surface area contributed by atoms with Gasteiger partial charge in [0.2, 0.25) is 5.91 Å². The van der Waals surface area contributed by atoms with Gasteiger partial charge in [-0.15, -0.1) is 0 Å². The number of aromatic amines is 1. The van der Waals surface area contributed by atoms with Crippen LogP contribution >= 0.6 is 0 Å². The molecule has 7 heteroatoms. The highest BCUT2D eigenvalue weighted by Crippen LogP contribution is 2.14. The van der Waals surface area contributed by atoms with Crippen LogP contribution in [-0.4, -0.2) is 33.9 Å². The van der Waals surface area contributed by atoms with Gasteiger partial charge in [0.15, 0.2) is 0 Å². The predicted octanol–water partition coefficient (Wildman–Crippen LogP) is 0.226. The van der Waals surface area contributed by atoms with Crippen LogP contribution in [0.5, 0.6) is 0 Å². The first kappa shape index (κ1) is 13.6. The predicted molar refractivity (Wildman–Crippen MR) is 71.0 cm³/mol. The Balaban J connectivity index is 2.17. The van der Waals surface area contributed by atoms with Gasteiger partial charge in [-0.3, -0.25) is 9.59 Å². The summed E-state index contributed by atoms with van der Waals surface area (Å²) in [5.74, 6) is -2.71. The molecular formula is C13H13N3O4. The maximum absolute atomic E-state index is 12.0. The molecule has 0 saturated carbocycles. The average Bonchev–Trinajstić information content (AvgIpc) is 2.81. The molecule has 0 saturated heterocycles. The van der Waals surface area contributed by atoms with Crippen LogP contribution in [0.15, 0.2) is 30.3 Å². The highest BCUT2D eigenvalue weighted by atomic mass is 16.4. The molecule has 0 aliphatic heterocycles. The van der Waals surface area contributed by atoms with Crippen LogP contribution in [0.2, 0.25) is 0 Å². The second-order valence-electron chi connectivity index (χ2n) is 4.30. The Bertz CT molecular complexity index is 644. The molecular weight excluding hydrogens is 262 g/mol. The lowest BCUT2D eigenvalue weighted by molar-refractivity contribution is -0.140. The summed E-state index contributed by atoms with van der Waals surface area (Å²) >= 11 is 0. The third kappa shape index (κ3) is 2.94. The molecule has 1 atom stereocenters. The van der Waals surface area contributed by atoms with Crippen molar-refractivity contribution in [2.75, 3.05) is 0 Å². The average molecular weight is 275 g/mol. The largest absolute Gasteiger partial charge is 0.480 e. The van der Waals surface area contributed by atoms with E-state index in [4.69, 9.17) is 10.8 Å². The second-order valence-corrected chi connectivity index (χ2v) is 4.30.